The zero-order chi connectivity index (χ0) is 12.1. The number of ketones is 1. The van der Waals surface area contributed by atoms with E-state index in [0.29, 0.717) is 0 Å². The third kappa shape index (κ3) is 3.75. The normalized spacial score (nSPS) is 11.0. The lowest BCUT2D eigenvalue weighted by Crippen LogP contribution is -2.41. The fourth-order valence-electron chi connectivity index (χ4n) is 1.32. The number of thiophene rings is 1. The molecule has 1 rings (SSSR count). The van der Waals surface area contributed by atoms with Gasteiger partial charge in [-0.2, -0.15) is 0 Å². The number of amides is 1. The Labute approximate surface area is 99.0 Å². The van der Waals surface area contributed by atoms with Gasteiger partial charge in [-0.15, -0.1) is 11.3 Å². The summed E-state index contributed by atoms with van der Waals surface area (Å²) >= 11 is 1.41. The number of rotatable bonds is 6. The van der Waals surface area contributed by atoms with Crippen molar-refractivity contribution < 1.29 is 9.59 Å². The van der Waals surface area contributed by atoms with Gasteiger partial charge in [0.1, 0.15) is 0 Å². The molecule has 0 aliphatic rings. The van der Waals surface area contributed by atoms with Crippen LogP contribution in [0, 0.1) is 0 Å². The number of Topliss-reactive ketones (excluding diaryl/α,β-unsaturated/α-hetero) is 1. The summed E-state index contributed by atoms with van der Waals surface area (Å²) in [5.74, 6) is -0.377. The van der Waals surface area contributed by atoms with Crippen molar-refractivity contribution in [3.05, 3.63) is 22.4 Å². The topological polar surface area (TPSA) is 63.4 Å². The Balaban J connectivity index is 2.61. The van der Waals surface area contributed by atoms with Crippen LogP contribution in [0.4, 0.5) is 0 Å². The SMILES string of the molecule is CC(C)N(CC(N)=O)CC(=O)c1cccs1. The van der Waals surface area contributed by atoms with E-state index in [1.54, 1.807) is 11.0 Å². The molecular weight excluding hydrogens is 224 g/mol. The molecule has 0 atom stereocenters. The summed E-state index contributed by atoms with van der Waals surface area (Å²) in [6.07, 6.45) is 0. The molecule has 5 heteroatoms. The van der Waals surface area contributed by atoms with Crippen molar-refractivity contribution in [1.82, 2.24) is 4.90 Å². The molecule has 0 aliphatic carbocycles. The van der Waals surface area contributed by atoms with E-state index in [-0.39, 0.29) is 24.9 Å². The molecule has 0 radical (unpaired) electrons. The minimum Gasteiger partial charge on any atom is -0.369 e. The van der Waals surface area contributed by atoms with E-state index in [4.69, 9.17) is 5.73 Å². The van der Waals surface area contributed by atoms with Crippen LogP contribution in [0.1, 0.15) is 23.5 Å². The molecule has 1 heterocycles. The predicted octanol–water partition coefficient (Wildman–Crippen LogP) is 1.13. The number of nitrogens with two attached hydrogens (primary N) is 1. The van der Waals surface area contributed by atoms with Crippen LogP contribution < -0.4 is 5.73 Å². The first kappa shape index (κ1) is 12.9. The lowest BCUT2D eigenvalue weighted by atomic mass is 10.2. The Hall–Kier alpha value is -1.20. The van der Waals surface area contributed by atoms with E-state index < -0.39 is 5.91 Å². The Morgan fingerprint density at radius 1 is 1.44 bits per heavy atom. The zero-order valence-electron chi connectivity index (χ0n) is 9.47. The highest BCUT2D eigenvalue weighted by Gasteiger charge is 2.17. The Morgan fingerprint density at radius 3 is 2.56 bits per heavy atom. The van der Waals surface area contributed by atoms with Gasteiger partial charge in [-0.1, -0.05) is 6.07 Å². The summed E-state index contributed by atoms with van der Waals surface area (Å²) in [7, 11) is 0. The highest BCUT2D eigenvalue weighted by molar-refractivity contribution is 7.12. The van der Waals surface area contributed by atoms with E-state index in [1.165, 1.54) is 11.3 Å². The molecule has 0 aromatic carbocycles. The van der Waals surface area contributed by atoms with Crippen molar-refractivity contribution in [3.63, 3.8) is 0 Å². The maximum absolute atomic E-state index is 11.8. The number of nitrogens with zero attached hydrogens (tertiary/aromatic N) is 1. The van der Waals surface area contributed by atoms with Crippen LogP contribution in [0.15, 0.2) is 17.5 Å². The average Bonchev–Trinajstić information content (AvgIpc) is 2.68. The van der Waals surface area contributed by atoms with Crippen LogP contribution in [0.25, 0.3) is 0 Å². The highest BCUT2D eigenvalue weighted by atomic mass is 32.1. The second-order valence-corrected chi connectivity index (χ2v) is 4.81. The summed E-state index contributed by atoms with van der Waals surface area (Å²) in [4.78, 5) is 25.2. The summed E-state index contributed by atoms with van der Waals surface area (Å²) in [6, 6.07) is 3.75. The van der Waals surface area contributed by atoms with E-state index in [1.807, 2.05) is 25.3 Å². The van der Waals surface area contributed by atoms with Gasteiger partial charge >= 0.3 is 0 Å². The smallest absolute Gasteiger partial charge is 0.231 e. The summed E-state index contributed by atoms with van der Waals surface area (Å²) < 4.78 is 0. The van der Waals surface area contributed by atoms with Crippen molar-refractivity contribution >= 4 is 23.0 Å². The molecular formula is C11H16N2O2S. The second-order valence-electron chi connectivity index (χ2n) is 3.87. The third-order valence-corrected chi connectivity index (χ3v) is 3.14. The molecule has 1 aromatic rings. The molecule has 0 aliphatic heterocycles. The van der Waals surface area contributed by atoms with Gasteiger partial charge in [0.15, 0.2) is 5.78 Å². The molecule has 4 nitrogen and oxygen atoms in total. The molecule has 0 saturated carbocycles. The fourth-order valence-corrected chi connectivity index (χ4v) is 1.98. The molecule has 0 fully saturated rings. The minimum atomic E-state index is -0.410. The van der Waals surface area contributed by atoms with Gasteiger partial charge in [-0.3, -0.25) is 14.5 Å². The lowest BCUT2D eigenvalue weighted by Gasteiger charge is -2.23. The van der Waals surface area contributed by atoms with Crippen molar-refractivity contribution in [2.24, 2.45) is 5.73 Å². The van der Waals surface area contributed by atoms with Crippen LogP contribution in [0.3, 0.4) is 0 Å². The van der Waals surface area contributed by atoms with Crippen LogP contribution >= 0.6 is 11.3 Å². The van der Waals surface area contributed by atoms with E-state index in [0.717, 1.165) is 4.88 Å². The Bertz CT molecular complexity index is 360. The zero-order valence-corrected chi connectivity index (χ0v) is 10.3. The van der Waals surface area contributed by atoms with Gasteiger partial charge in [-0.25, -0.2) is 0 Å². The minimum absolute atomic E-state index is 0.0324. The molecule has 1 aromatic heterocycles. The van der Waals surface area contributed by atoms with Crippen molar-refractivity contribution in [1.29, 1.82) is 0 Å². The molecule has 2 N–H and O–H groups in total. The number of carbonyl (C=O) groups is 2. The molecule has 0 bridgehead atoms. The van der Waals surface area contributed by atoms with Gasteiger partial charge in [0.05, 0.1) is 18.0 Å². The van der Waals surface area contributed by atoms with E-state index in [9.17, 15) is 9.59 Å². The van der Waals surface area contributed by atoms with Crippen LogP contribution in [0.2, 0.25) is 0 Å². The maximum Gasteiger partial charge on any atom is 0.231 e. The monoisotopic (exact) mass is 240 g/mol. The Kier molecular flexibility index (Phi) is 4.64. The lowest BCUT2D eigenvalue weighted by molar-refractivity contribution is -0.119. The molecule has 0 unspecified atom stereocenters. The summed E-state index contributed by atoms with van der Waals surface area (Å²) in [5, 5.41) is 1.86. The van der Waals surface area contributed by atoms with Crippen molar-refractivity contribution in [3.8, 4) is 0 Å². The quantitative estimate of drug-likeness (QED) is 0.758. The van der Waals surface area contributed by atoms with Gasteiger partial charge in [0.25, 0.3) is 0 Å². The summed E-state index contributed by atoms with van der Waals surface area (Å²) in [5.41, 5.74) is 5.14. The number of carbonyl (C=O) groups excluding carboxylic acids is 2. The largest absolute Gasteiger partial charge is 0.369 e. The first-order valence-corrected chi connectivity index (χ1v) is 5.97. The molecule has 0 saturated heterocycles. The highest BCUT2D eigenvalue weighted by Crippen LogP contribution is 2.11. The first-order valence-electron chi connectivity index (χ1n) is 5.09. The van der Waals surface area contributed by atoms with Gasteiger partial charge < -0.3 is 5.73 Å². The van der Waals surface area contributed by atoms with Gasteiger partial charge in [0, 0.05) is 6.04 Å². The van der Waals surface area contributed by atoms with Crippen molar-refractivity contribution in [2.45, 2.75) is 19.9 Å². The van der Waals surface area contributed by atoms with Crippen LogP contribution in [0.5, 0.6) is 0 Å². The molecule has 0 spiro atoms. The van der Waals surface area contributed by atoms with Crippen LogP contribution in [-0.2, 0) is 4.79 Å². The number of hydrogen-bond donors (Lipinski definition) is 1. The molecule has 16 heavy (non-hydrogen) atoms. The average molecular weight is 240 g/mol. The third-order valence-electron chi connectivity index (χ3n) is 2.23. The van der Waals surface area contributed by atoms with Crippen LogP contribution in [-0.4, -0.2) is 35.7 Å². The van der Waals surface area contributed by atoms with E-state index in [2.05, 4.69) is 0 Å². The van der Waals surface area contributed by atoms with Gasteiger partial charge in [-0.05, 0) is 25.3 Å². The summed E-state index contributed by atoms with van der Waals surface area (Å²) in [6.45, 7) is 4.23. The Morgan fingerprint density at radius 2 is 2.12 bits per heavy atom. The number of hydrogen-bond acceptors (Lipinski definition) is 4. The van der Waals surface area contributed by atoms with E-state index >= 15 is 0 Å². The molecule has 88 valence electrons. The predicted molar refractivity (Wildman–Crippen MR) is 64.6 cm³/mol. The standard InChI is InChI=1S/C11H16N2O2S/c1-8(2)13(7-11(12)15)6-9(14)10-4-3-5-16-10/h3-5,8H,6-7H2,1-2H3,(H2,12,15). The first-order chi connectivity index (χ1) is 7.50. The maximum atomic E-state index is 11.8. The van der Waals surface area contributed by atoms with Gasteiger partial charge in [0.2, 0.25) is 5.91 Å². The number of primary amides is 1. The fraction of sp³-hybridized carbons (Fsp3) is 0.455. The van der Waals surface area contributed by atoms with Crippen molar-refractivity contribution in [2.75, 3.05) is 13.1 Å². The second kappa shape index (κ2) is 5.77. The molecule has 1 amide bonds.